The predicted octanol–water partition coefficient (Wildman–Crippen LogP) is 2.82. The molecule has 0 saturated carbocycles. The number of esters is 1. The lowest BCUT2D eigenvalue weighted by Crippen LogP contribution is -2.80. The summed E-state index contributed by atoms with van der Waals surface area (Å²) in [5.74, 6) is -1.95. The lowest BCUT2D eigenvalue weighted by molar-refractivity contribution is -0.255. The van der Waals surface area contributed by atoms with Crippen LogP contribution < -0.4 is 5.32 Å². The maximum Gasteiger partial charge on any atom is 0.339 e. The molecule has 4 unspecified atom stereocenters. The van der Waals surface area contributed by atoms with E-state index in [1.807, 2.05) is 18.2 Å². The van der Waals surface area contributed by atoms with Gasteiger partial charge in [-0.3, -0.25) is 9.59 Å². The van der Waals surface area contributed by atoms with Crippen molar-refractivity contribution in [2.75, 3.05) is 20.7 Å². The van der Waals surface area contributed by atoms with Crippen LogP contribution in [0.25, 0.3) is 0 Å². The molecule has 1 spiro atoms. The Balaban J connectivity index is 1.50. The SMILES string of the molecule is COC(CC(C)C(O)/C=C/C=C/CNC(=O)C(C)(C)C(O)\C(C)=C/C=C\C=C\Cc1cnco1)[C@@]1(O)[C@H](C)C(=O)N(C)[C@@]12C(=O)O[C@H]2C. The van der Waals surface area contributed by atoms with E-state index >= 15 is 0 Å². The average Bonchev–Trinajstić information content (AvgIpc) is 3.63. The van der Waals surface area contributed by atoms with E-state index < -0.39 is 58.8 Å². The quantitative estimate of drug-likeness (QED) is 0.152. The topological polar surface area (TPSA) is 172 Å². The lowest BCUT2D eigenvalue weighted by atomic mass is 9.65. The van der Waals surface area contributed by atoms with Gasteiger partial charge in [0.2, 0.25) is 17.4 Å². The molecule has 2 fully saturated rings. The number of aromatic nitrogens is 1. The maximum absolute atomic E-state index is 12.9. The number of methoxy groups -OCH3 is 1. The van der Waals surface area contributed by atoms with E-state index in [0.29, 0.717) is 12.0 Å². The maximum atomic E-state index is 12.9. The number of likely N-dealkylation sites (N-methyl/N-ethyl adjacent to an activating group) is 1. The molecule has 0 bridgehead atoms. The van der Waals surface area contributed by atoms with Crippen LogP contribution in [-0.2, 0) is 30.3 Å². The first-order chi connectivity index (χ1) is 22.6. The molecular weight excluding hydrogens is 618 g/mol. The Bertz CT molecular complexity index is 1430. The molecule has 1 aromatic rings. The van der Waals surface area contributed by atoms with Gasteiger partial charge in [-0.1, -0.05) is 68.5 Å². The normalized spacial score (nSPS) is 27.7. The minimum atomic E-state index is -1.86. The highest BCUT2D eigenvalue weighted by Crippen LogP contribution is 2.54. The molecule has 0 aromatic carbocycles. The van der Waals surface area contributed by atoms with Gasteiger partial charge in [0.25, 0.3) is 0 Å². The van der Waals surface area contributed by atoms with Crippen LogP contribution >= 0.6 is 0 Å². The Hall–Kier alpha value is -3.84. The molecule has 8 atom stereocenters. The highest BCUT2D eigenvalue weighted by Gasteiger charge is 2.80. The minimum absolute atomic E-state index is 0.160. The smallest absolute Gasteiger partial charge is 0.339 e. The van der Waals surface area contributed by atoms with Crippen LogP contribution in [0.1, 0.15) is 53.7 Å². The van der Waals surface area contributed by atoms with Gasteiger partial charge in [-0.2, -0.15) is 0 Å². The van der Waals surface area contributed by atoms with E-state index in [0.717, 1.165) is 5.76 Å². The fourth-order valence-electron chi connectivity index (χ4n) is 6.61. The number of carbonyl (C=O) groups excluding carboxylic acids is 3. The minimum Gasteiger partial charge on any atom is -0.457 e. The number of amides is 2. The average molecular weight is 670 g/mol. The van der Waals surface area contributed by atoms with Crippen LogP contribution in [0.4, 0.5) is 0 Å². The van der Waals surface area contributed by atoms with Gasteiger partial charge in [0, 0.05) is 27.1 Å². The molecule has 0 aliphatic carbocycles. The van der Waals surface area contributed by atoms with Crippen molar-refractivity contribution in [3.8, 4) is 0 Å². The molecule has 2 aliphatic rings. The summed E-state index contributed by atoms with van der Waals surface area (Å²) in [7, 11) is 2.89. The number of allylic oxidation sites excluding steroid dienone is 7. The van der Waals surface area contributed by atoms with Crippen molar-refractivity contribution in [2.45, 2.75) is 89.9 Å². The Kier molecular flexibility index (Phi) is 12.9. The summed E-state index contributed by atoms with van der Waals surface area (Å²) in [4.78, 5) is 43.7. The fraction of sp³-hybridized carbons (Fsp3) is 0.556. The molecule has 12 nitrogen and oxygen atoms in total. The summed E-state index contributed by atoms with van der Waals surface area (Å²) in [5.41, 5.74) is -3.87. The number of hydrogen-bond acceptors (Lipinski definition) is 10. The molecule has 0 radical (unpaired) electrons. The first kappa shape index (κ1) is 38.6. The Morgan fingerprint density at radius 2 is 1.85 bits per heavy atom. The van der Waals surface area contributed by atoms with E-state index in [2.05, 4.69) is 10.3 Å². The largest absolute Gasteiger partial charge is 0.457 e. The van der Waals surface area contributed by atoms with Crippen molar-refractivity contribution in [2.24, 2.45) is 17.3 Å². The molecule has 1 aromatic heterocycles. The Labute approximate surface area is 282 Å². The molecule has 2 aliphatic heterocycles. The van der Waals surface area contributed by atoms with Crippen molar-refractivity contribution < 1.29 is 43.6 Å². The summed E-state index contributed by atoms with van der Waals surface area (Å²) < 4.78 is 16.0. The molecule has 2 amide bonds. The lowest BCUT2D eigenvalue weighted by Gasteiger charge is -2.55. The van der Waals surface area contributed by atoms with Crippen molar-refractivity contribution in [1.29, 1.82) is 0 Å². The highest BCUT2D eigenvalue weighted by atomic mass is 16.6. The van der Waals surface area contributed by atoms with E-state index in [-0.39, 0.29) is 24.8 Å². The first-order valence-corrected chi connectivity index (χ1v) is 16.2. The second-order valence-electron chi connectivity index (χ2n) is 13.2. The van der Waals surface area contributed by atoms with Gasteiger partial charge in [-0.25, -0.2) is 9.78 Å². The summed E-state index contributed by atoms with van der Waals surface area (Å²) in [6.07, 6.45) is 16.0. The zero-order valence-corrected chi connectivity index (χ0v) is 29.1. The number of aliphatic hydroxyl groups is 3. The molecule has 48 heavy (non-hydrogen) atoms. The zero-order chi connectivity index (χ0) is 35.9. The first-order valence-electron chi connectivity index (χ1n) is 16.2. The summed E-state index contributed by atoms with van der Waals surface area (Å²) >= 11 is 0. The van der Waals surface area contributed by atoms with Gasteiger partial charge < -0.3 is 39.4 Å². The van der Waals surface area contributed by atoms with Crippen LogP contribution in [0.5, 0.6) is 0 Å². The van der Waals surface area contributed by atoms with Crippen LogP contribution in [-0.4, -0.2) is 99.2 Å². The van der Waals surface area contributed by atoms with E-state index in [9.17, 15) is 29.7 Å². The molecule has 264 valence electrons. The summed E-state index contributed by atoms with van der Waals surface area (Å²) in [6.45, 7) is 10.3. The van der Waals surface area contributed by atoms with Crippen LogP contribution in [0.2, 0.25) is 0 Å². The van der Waals surface area contributed by atoms with Gasteiger partial charge >= 0.3 is 5.97 Å². The van der Waals surface area contributed by atoms with Crippen molar-refractivity contribution in [3.05, 3.63) is 78.6 Å². The molecular formula is C36H51N3O9. The third-order valence-electron chi connectivity index (χ3n) is 9.78. The third-order valence-corrected chi connectivity index (χ3v) is 9.78. The van der Waals surface area contributed by atoms with Crippen LogP contribution in [0, 0.1) is 17.3 Å². The number of cyclic esters (lactones) is 1. The number of oxazole rings is 1. The van der Waals surface area contributed by atoms with Crippen LogP contribution in [0.15, 0.2) is 77.3 Å². The number of nitrogens with zero attached hydrogens (tertiary/aromatic N) is 2. The van der Waals surface area contributed by atoms with Gasteiger partial charge in [0.05, 0.1) is 35.8 Å². The number of likely N-dealkylation sites (tertiary alicyclic amines) is 1. The van der Waals surface area contributed by atoms with Crippen molar-refractivity contribution in [3.63, 3.8) is 0 Å². The molecule has 3 rings (SSSR count). The predicted molar refractivity (Wildman–Crippen MR) is 179 cm³/mol. The van der Waals surface area contributed by atoms with Gasteiger partial charge in [0.1, 0.15) is 17.5 Å². The second-order valence-corrected chi connectivity index (χ2v) is 13.2. The highest BCUT2D eigenvalue weighted by molar-refractivity contribution is 5.99. The molecule has 3 heterocycles. The Morgan fingerprint density at radius 1 is 1.17 bits per heavy atom. The Morgan fingerprint density at radius 3 is 2.46 bits per heavy atom. The number of aliphatic hydroxyl groups excluding tert-OH is 2. The number of hydrogen-bond donors (Lipinski definition) is 4. The number of ether oxygens (including phenoxy) is 2. The van der Waals surface area contributed by atoms with Crippen molar-refractivity contribution >= 4 is 17.8 Å². The summed E-state index contributed by atoms with van der Waals surface area (Å²) in [5, 5.41) is 36.5. The van der Waals surface area contributed by atoms with Crippen LogP contribution in [0.3, 0.4) is 0 Å². The van der Waals surface area contributed by atoms with Crippen molar-refractivity contribution in [1.82, 2.24) is 15.2 Å². The second kappa shape index (κ2) is 16.0. The number of carbonyl (C=O) groups is 3. The van der Waals surface area contributed by atoms with Gasteiger partial charge in [-0.15, -0.1) is 0 Å². The standard InChI is InChI=1S/C36H51N3O9/c1-23(16-12-9-10-13-17-27-21-37-22-47-27)30(41)34(5,6)32(43)38-19-15-11-14-18-28(40)24(2)20-29(46-8)36(45)25(3)31(42)39(7)35(36)26(4)48-33(35)44/h9-16,18,21-22,24-26,28-30,40-41,45H,17,19-20H2,1-8H3,(H,38,43)/b12-9-,13-10+,15-11+,18-14+,23-16-/t24?,25-,26+,28?,29?,30?,35+,36+/m1/s1. The monoisotopic (exact) mass is 669 g/mol. The number of rotatable bonds is 16. The summed E-state index contributed by atoms with van der Waals surface area (Å²) in [6, 6.07) is 0. The van der Waals surface area contributed by atoms with E-state index in [1.165, 1.54) is 25.5 Å². The number of nitrogens with one attached hydrogen (secondary N) is 1. The fourth-order valence-corrected chi connectivity index (χ4v) is 6.61. The molecule has 12 heteroatoms. The third kappa shape index (κ3) is 7.41. The molecule has 2 saturated heterocycles. The van der Waals surface area contributed by atoms with E-state index in [1.54, 1.807) is 84.2 Å². The van der Waals surface area contributed by atoms with E-state index in [4.69, 9.17) is 13.9 Å². The zero-order valence-electron chi connectivity index (χ0n) is 29.1. The van der Waals surface area contributed by atoms with Gasteiger partial charge in [-0.05, 0) is 45.6 Å². The molecule has 4 N–H and O–H groups in total. The van der Waals surface area contributed by atoms with Gasteiger partial charge in [0.15, 0.2) is 6.39 Å².